The van der Waals surface area contributed by atoms with Gasteiger partial charge in [0, 0.05) is 18.2 Å². The van der Waals surface area contributed by atoms with E-state index in [2.05, 4.69) is 9.47 Å². The third-order valence-corrected chi connectivity index (χ3v) is 5.70. The fourth-order valence-corrected chi connectivity index (χ4v) is 3.58. The molecule has 0 aliphatic heterocycles. The van der Waals surface area contributed by atoms with Crippen molar-refractivity contribution in [2.45, 2.75) is 42.1 Å². The summed E-state index contributed by atoms with van der Waals surface area (Å²) in [7, 11) is 0. The molecule has 1 aromatic carbocycles. The van der Waals surface area contributed by atoms with Gasteiger partial charge in [-0.3, -0.25) is 0 Å². The van der Waals surface area contributed by atoms with Crippen molar-refractivity contribution in [3.8, 4) is 11.5 Å². The SMILES string of the molecule is NC1=C(F)C(Oc2cc(F)c(C(F)(F)F)c(OC3C(F)=C(N)C(F)=CC3(F)C(F)(F)F)c2F)C(F)(C(F)(F)F)C=C1F. The van der Waals surface area contributed by atoms with Crippen LogP contribution in [0.2, 0.25) is 0 Å². The maximum atomic E-state index is 15.2. The predicted octanol–water partition coefficient (Wildman–Crippen LogP) is 7.03. The standard InChI is InChI=1S/C21H9F17N2O2/c22-4-1-7(41-15-10(26)12(39)5(23)2-17(15,28)20(33,34)35)9(25)14(8(4)19(30,31)32)42-16-11(27)13(40)6(24)3-18(16,29)21(36,37)38/h1-3,15-16H,39-40H2. The molecule has 0 heterocycles. The maximum absolute atomic E-state index is 15.2. The molecule has 0 spiro atoms. The molecular weight excluding hydrogens is 635 g/mol. The highest BCUT2D eigenvalue weighted by Gasteiger charge is 2.66. The Morgan fingerprint density at radius 2 is 1.02 bits per heavy atom. The molecule has 0 bridgehead atoms. The summed E-state index contributed by atoms with van der Waals surface area (Å²) in [6, 6.07) is -0.826. The molecule has 4 atom stereocenters. The second-order valence-electron chi connectivity index (χ2n) is 8.41. The summed E-state index contributed by atoms with van der Waals surface area (Å²) in [5, 5.41) is 0. The normalized spacial score (nSPS) is 27.6. The zero-order valence-corrected chi connectivity index (χ0v) is 19.3. The van der Waals surface area contributed by atoms with Crippen LogP contribution in [0.5, 0.6) is 11.5 Å². The first-order valence-corrected chi connectivity index (χ1v) is 10.3. The van der Waals surface area contributed by atoms with E-state index in [0.717, 1.165) is 0 Å². The lowest BCUT2D eigenvalue weighted by atomic mass is 9.90. The van der Waals surface area contributed by atoms with Crippen molar-refractivity contribution in [3.05, 3.63) is 70.1 Å². The molecule has 4 nitrogen and oxygen atoms in total. The quantitative estimate of drug-likeness (QED) is 0.346. The minimum atomic E-state index is -6.47. The number of hydrogen-bond donors (Lipinski definition) is 2. The molecule has 0 fully saturated rings. The predicted molar refractivity (Wildman–Crippen MR) is 103 cm³/mol. The van der Waals surface area contributed by atoms with Gasteiger partial charge in [-0.15, -0.1) is 0 Å². The minimum absolute atomic E-state index is 0.826. The molecule has 42 heavy (non-hydrogen) atoms. The topological polar surface area (TPSA) is 70.5 Å². The van der Waals surface area contributed by atoms with Gasteiger partial charge in [0.1, 0.15) is 34.4 Å². The van der Waals surface area contributed by atoms with E-state index in [4.69, 9.17) is 11.5 Å². The van der Waals surface area contributed by atoms with E-state index in [1.807, 2.05) is 0 Å². The summed E-state index contributed by atoms with van der Waals surface area (Å²) in [6.07, 6.45) is -29.4. The van der Waals surface area contributed by atoms with Crippen molar-refractivity contribution in [2.24, 2.45) is 11.5 Å². The molecule has 0 aromatic heterocycles. The van der Waals surface area contributed by atoms with E-state index in [1.54, 1.807) is 0 Å². The van der Waals surface area contributed by atoms with Crippen molar-refractivity contribution in [2.75, 3.05) is 0 Å². The highest BCUT2D eigenvalue weighted by atomic mass is 19.4. The zero-order chi connectivity index (χ0) is 32.5. The van der Waals surface area contributed by atoms with Gasteiger partial charge in [0.2, 0.25) is 5.82 Å². The molecule has 0 radical (unpaired) electrons. The lowest BCUT2D eigenvalue weighted by Gasteiger charge is -2.36. The molecule has 4 unspecified atom stereocenters. The Labute approximate surface area is 220 Å². The molecule has 2 aliphatic rings. The Kier molecular flexibility index (Phi) is 7.70. The molecule has 3 rings (SSSR count). The fourth-order valence-electron chi connectivity index (χ4n) is 3.58. The van der Waals surface area contributed by atoms with Gasteiger partial charge in [-0.2, -0.15) is 43.9 Å². The van der Waals surface area contributed by atoms with E-state index < -0.39 is 124 Å². The summed E-state index contributed by atoms with van der Waals surface area (Å²) >= 11 is 0. The number of rotatable bonds is 4. The average Bonchev–Trinajstić information content (AvgIpc) is 2.81. The van der Waals surface area contributed by atoms with Gasteiger partial charge in [0.05, 0.1) is 0 Å². The van der Waals surface area contributed by atoms with Gasteiger partial charge < -0.3 is 20.9 Å². The van der Waals surface area contributed by atoms with Crippen LogP contribution in [-0.4, -0.2) is 35.9 Å². The second kappa shape index (κ2) is 9.89. The van der Waals surface area contributed by atoms with Crippen molar-refractivity contribution >= 4 is 0 Å². The van der Waals surface area contributed by atoms with Crippen LogP contribution in [0.3, 0.4) is 0 Å². The third-order valence-electron chi connectivity index (χ3n) is 5.70. The summed E-state index contributed by atoms with van der Waals surface area (Å²) in [5.74, 6) is -21.8. The summed E-state index contributed by atoms with van der Waals surface area (Å²) in [5.41, 5.74) is -8.27. The molecular formula is C21H9F17N2O2. The smallest absolute Gasteiger partial charge is 0.430 e. The van der Waals surface area contributed by atoms with E-state index in [0.29, 0.717) is 0 Å². The van der Waals surface area contributed by atoms with Gasteiger partial charge in [-0.1, -0.05) is 0 Å². The number of allylic oxidation sites excluding steroid dienone is 2. The Hall–Kier alpha value is -3.81. The van der Waals surface area contributed by atoms with Gasteiger partial charge in [0.15, 0.2) is 35.4 Å². The van der Waals surface area contributed by atoms with Crippen molar-refractivity contribution in [1.29, 1.82) is 0 Å². The van der Waals surface area contributed by atoms with E-state index in [9.17, 15) is 70.2 Å². The Morgan fingerprint density at radius 1 is 0.643 bits per heavy atom. The molecule has 21 heteroatoms. The molecule has 4 N–H and O–H groups in total. The van der Waals surface area contributed by atoms with Crippen LogP contribution < -0.4 is 20.9 Å². The second-order valence-corrected chi connectivity index (χ2v) is 8.41. The number of benzene rings is 1. The maximum Gasteiger partial charge on any atom is 0.430 e. The van der Waals surface area contributed by atoms with Crippen LogP contribution in [0.1, 0.15) is 5.56 Å². The zero-order valence-electron chi connectivity index (χ0n) is 19.3. The van der Waals surface area contributed by atoms with Crippen LogP contribution >= 0.6 is 0 Å². The monoisotopic (exact) mass is 644 g/mol. The molecule has 234 valence electrons. The molecule has 2 aliphatic carbocycles. The number of hydrogen-bond acceptors (Lipinski definition) is 4. The van der Waals surface area contributed by atoms with E-state index >= 15 is 4.39 Å². The van der Waals surface area contributed by atoms with Crippen molar-refractivity contribution in [3.63, 3.8) is 0 Å². The Balaban J connectivity index is 2.29. The Morgan fingerprint density at radius 3 is 1.38 bits per heavy atom. The minimum Gasteiger partial charge on any atom is -0.476 e. The first-order valence-electron chi connectivity index (χ1n) is 10.3. The van der Waals surface area contributed by atoms with Gasteiger partial charge in [-0.05, 0) is 0 Å². The van der Waals surface area contributed by atoms with E-state index in [1.165, 1.54) is 0 Å². The molecule has 0 saturated carbocycles. The third kappa shape index (κ3) is 5.05. The highest BCUT2D eigenvalue weighted by Crippen LogP contribution is 2.51. The number of ether oxygens (including phenoxy) is 2. The first kappa shape index (κ1) is 32.7. The van der Waals surface area contributed by atoms with Crippen molar-refractivity contribution in [1.82, 2.24) is 0 Å². The van der Waals surface area contributed by atoms with Crippen LogP contribution in [0.4, 0.5) is 74.6 Å². The van der Waals surface area contributed by atoms with Gasteiger partial charge in [-0.25, -0.2) is 30.7 Å². The summed E-state index contributed by atoms with van der Waals surface area (Å²) < 4.78 is 245. The van der Waals surface area contributed by atoms with Gasteiger partial charge in [0.25, 0.3) is 11.3 Å². The van der Waals surface area contributed by atoms with Crippen LogP contribution in [0.25, 0.3) is 0 Å². The number of nitrogens with two attached hydrogens (primary N) is 2. The summed E-state index contributed by atoms with van der Waals surface area (Å²) in [6.45, 7) is 0. The highest BCUT2D eigenvalue weighted by molar-refractivity contribution is 5.49. The van der Waals surface area contributed by atoms with Gasteiger partial charge >= 0.3 is 18.5 Å². The van der Waals surface area contributed by atoms with Crippen molar-refractivity contribution < 1.29 is 84.1 Å². The van der Waals surface area contributed by atoms with E-state index in [-0.39, 0.29) is 0 Å². The van der Waals surface area contributed by atoms with Crippen LogP contribution in [0.15, 0.2) is 52.9 Å². The first-order chi connectivity index (χ1) is 18.8. The van der Waals surface area contributed by atoms with Crippen LogP contribution in [0, 0.1) is 11.6 Å². The number of alkyl halides is 11. The fraction of sp³-hybridized carbons (Fsp3) is 0.333. The molecule has 0 saturated heterocycles. The van der Waals surface area contributed by atoms with Crippen LogP contribution in [-0.2, 0) is 6.18 Å². The summed E-state index contributed by atoms with van der Waals surface area (Å²) in [4.78, 5) is 0. The number of halogens is 17. The lowest BCUT2D eigenvalue weighted by Crippen LogP contribution is -2.55. The average molecular weight is 644 g/mol. The molecule has 0 amide bonds. The lowest BCUT2D eigenvalue weighted by molar-refractivity contribution is -0.235. The largest absolute Gasteiger partial charge is 0.476 e. The molecule has 1 aromatic rings. The Bertz CT molecular complexity index is 1420.